The van der Waals surface area contributed by atoms with E-state index in [0.29, 0.717) is 12.4 Å². The highest BCUT2D eigenvalue weighted by Gasteiger charge is 2.34. The molecule has 0 aliphatic carbocycles. The Morgan fingerprint density at radius 1 is 1.23 bits per heavy atom. The van der Waals surface area contributed by atoms with Gasteiger partial charge in [-0.3, -0.25) is 0 Å². The summed E-state index contributed by atoms with van der Waals surface area (Å²) in [6.45, 7) is 4.37. The minimum absolute atomic E-state index is 0.269. The molecule has 2 aromatic rings. The minimum atomic E-state index is -3.25. The van der Waals surface area contributed by atoms with Gasteiger partial charge in [-0.05, 0) is 32.8 Å². The van der Waals surface area contributed by atoms with Crippen molar-refractivity contribution in [1.29, 1.82) is 0 Å². The van der Waals surface area contributed by atoms with Crippen LogP contribution < -0.4 is 0 Å². The molecular weight excluding hydrogens is 320 g/mol. The summed E-state index contributed by atoms with van der Waals surface area (Å²) in [6.07, 6.45) is 2.83. The lowest BCUT2D eigenvalue weighted by atomic mass is 10.2. The molecule has 1 aliphatic rings. The normalized spacial score (nSPS) is 19.7. The van der Waals surface area contributed by atoms with Gasteiger partial charge in [-0.1, -0.05) is 0 Å². The van der Waals surface area contributed by atoms with E-state index in [4.69, 9.17) is 0 Å². The predicted octanol–water partition coefficient (Wildman–Crippen LogP) is 2.31. The third-order valence-corrected chi connectivity index (χ3v) is 5.91. The fourth-order valence-electron chi connectivity index (χ4n) is 2.72. The molecule has 1 saturated heterocycles. The van der Waals surface area contributed by atoms with E-state index < -0.39 is 10.0 Å². The molecular formula is C14H18N4O2S2. The van der Waals surface area contributed by atoms with Gasteiger partial charge in [0, 0.05) is 23.3 Å². The fourth-order valence-corrected chi connectivity index (χ4v) is 4.60. The topological polar surface area (TPSA) is 76.1 Å². The number of aromatic nitrogens is 3. The van der Waals surface area contributed by atoms with Crippen LogP contribution in [0.15, 0.2) is 11.4 Å². The Labute approximate surface area is 134 Å². The third-order valence-electron chi connectivity index (χ3n) is 3.64. The number of thiazole rings is 1. The van der Waals surface area contributed by atoms with Gasteiger partial charge in [0.15, 0.2) is 0 Å². The van der Waals surface area contributed by atoms with Crippen LogP contribution in [0.4, 0.5) is 0 Å². The van der Waals surface area contributed by atoms with Crippen LogP contribution in [0.3, 0.4) is 0 Å². The number of aryl methyl sites for hydroxylation is 2. The maximum atomic E-state index is 11.9. The van der Waals surface area contributed by atoms with Crippen LogP contribution in [-0.4, -0.2) is 40.5 Å². The molecule has 0 aromatic carbocycles. The Kier molecular flexibility index (Phi) is 4.00. The largest absolute Gasteiger partial charge is 0.240 e. The summed E-state index contributed by atoms with van der Waals surface area (Å²) in [5, 5.41) is 2.82. The molecule has 0 N–H and O–H groups in total. The van der Waals surface area contributed by atoms with Crippen molar-refractivity contribution in [1.82, 2.24) is 19.3 Å². The molecule has 22 heavy (non-hydrogen) atoms. The monoisotopic (exact) mass is 338 g/mol. The van der Waals surface area contributed by atoms with Gasteiger partial charge in [-0.2, -0.15) is 4.31 Å². The minimum Gasteiger partial charge on any atom is -0.240 e. The first kappa shape index (κ1) is 15.5. The smallest absolute Gasteiger partial charge is 0.211 e. The van der Waals surface area contributed by atoms with E-state index in [9.17, 15) is 8.42 Å². The molecule has 2 aromatic heterocycles. The molecule has 1 aliphatic heterocycles. The molecule has 1 fully saturated rings. The van der Waals surface area contributed by atoms with Crippen molar-refractivity contribution in [2.45, 2.75) is 32.7 Å². The summed E-state index contributed by atoms with van der Waals surface area (Å²) in [5.41, 5.74) is 2.55. The Morgan fingerprint density at radius 3 is 2.64 bits per heavy atom. The molecule has 0 amide bonds. The summed E-state index contributed by atoms with van der Waals surface area (Å²) in [4.78, 5) is 13.5. The van der Waals surface area contributed by atoms with Crippen LogP contribution in [0.2, 0.25) is 0 Å². The third kappa shape index (κ3) is 3.04. The molecule has 8 heteroatoms. The Bertz CT molecular complexity index is 801. The number of hydrogen-bond donors (Lipinski definition) is 0. The van der Waals surface area contributed by atoms with Crippen molar-refractivity contribution < 1.29 is 8.42 Å². The number of hydrogen-bond acceptors (Lipinski definition) is 6. The van der Waals surface area contributed by atoms with Gasteiger partial charge in [0.25, 0.3) is 0 Å². The molecule has 118 valence electrons. The van der Waals surface area contributed by atoms with Crippen molar-refractivity contribution in [3.63, 3.8) is 0 Å². The molecule has 0 bridgehead atoms. The summed E-state index contributed by atoms with van der Waals surface area (Å²) in [5.74, 6) is 0.575. The first-order valence-electron chi connectivity index (χ1n) is 7.09. The van der Waals surface area contributed by atoms with Crippen LogP contribution in [0, 0.1) is 13.8 Å². The van der Waals surface area contributed by atoms with E-state index in [1.807, 2.05) is 25.3 Å². The van der Waals surface area contributed by atoms with E-state index in [1.165, 1.54) is 21.9 Å². The van der Waals surface area contributed by atoms with Gasteiger partial charge >= 0.3 is 0 Å². The standard InChI is InChI=1S/C14H18N4O2S2/c1-9-7-11(14-16-10(2)8-21-14)17-13(15-9)12-5-4-6-18(12)22(3,19)20/h7-8,12H,4-6H2,1-3H3/t12-/m1/s1. The lowest BCUT2D eigenvalue weighted by Gasteiger charge is -2.21. The molecule has 0 unspecified atom stereocenters. The van der Waals surface area contributed by atoms with Crippen molar-refractivity contribution in [2.75, 3.05) is 12.8 Å². The van der Waals surface area contributed by atoms with Crippen molar-refractivity contribution in [3.8, 4) is 10.7 Å². The van der Waals surface area contributed by atoms with Crippen LogP contribution in [0.25, 0.3) is 10.7 Å². The lowest BCUT2D eigenvalue weighted by molar-refractivity contribution is 0.386. The highest BCUT2D eigenvalue weighted by Crippen LogP contribution is 2.33. The maximum Gasteiger partial charge on any atom is 0.211 e. The second-order valence-electron chi connectivity index (χ2n) is 5.58. The Balaban J connectivity index is 2.03. The van der Waals surface area contributed by atoms with Gasteiger partial charge < -0.3 is 0 Å². The first-order chi connectivity index (χ1) is 10.3. The van der Waals surface area contributed by atoms with Gasteiger partial charge in [-0.15, -0.1) is 11.3 Å². The lowest BCUT2D eigenvalue weighted by Crippen LogP contribution is -2.30. The fraction of sp³-hybridized carbons (Fsp3) is 0.500. The van der Waals surface area contributed by atoms with Crippen LogP contribution in [-0.2, 0) is 10.0 Å². The highest BCUT2D eigenvalue weighted by atomic mass is 32.2. The maximum absolute atomic E-state index is 11.9. The zero-order chi connectivity index (χ0) is 15.9. The van der Waals surface area contributed by atoms with Gasteiger partial charge in [-0.25, -0.2) is 23.4 Å². The summed E-state index contributed by atoms with van der Waals surface area (Å²) < 4.78 is 25.3. The van der Waals surface area contributed by atoms with Crippen LogP contribution in [0.1, 0.15) is 36.1 Å². The zero-order valence-corrected chi connectivity index (χ0v) is 14.4. The van der Waals surface area contributed by atoms with Gasteiger partial charge in [0.05, 0.1) is 12.3 Å². The predicted molar refractivity (Wildman–Crippen MR) is 86.1 cm³/mol. The van der Waals surface area contributed by atoms with Crippen LogP contribution >= 0.6 is 11.3 Å². The molecule has 6 nitrogen and oxygen atoms in total. The summed E-state index contributed by atoms with van der Waals surface area (Å²) in [7, 11) is -3.25. The zero-order valence-electron chi connectivity index (χ0n) is 12.8. The molecule has 0 spiro atoms. The second kappa shape index (κ2) is 5.68. The number of sulfonamides is 1. The molecule has 0 saturated carbocycles. The van der Waals surface area contributed by atoms with Crippen LogP contribution in [0.5, 0.6) is 0 Å². The average Bonchev–Trinajstić information content (AvgIpc) is 3.05. The van der Waals surface area contributed by atoms with Crippen molar-refractivity contribution >= 4 is 21.4 Å². The van der Waals surface area contributed by atoms with Gasteiger partial charge in [0.1, 0.15) is 16.5 Å². The van der Waals surface area contributed by atoms with Crippen molar-refractivity contribution in [2.24, 2.45) is 0 Å². The first-order valence-corrected chi connectivity index (χ1v) is 9.82. The number of rotatable bonds is 3. The molecule has 3 heterocycles. The van der Waals surface area contributed by atoms with E-state index >= 15 is 0 Å². The summed E-state index contributed by atoms with van der Waals surface area (Å²) in [6, 6.07) is 1.62. The average molecular weight is 338 g/mol. The van der Waals surface area contributed by atoms with Crippen molar-refractivity contribution in [3.05, 3.63) is 28.7 Å². The van der Waals surface area contributed by atoms with E-state index in [2.05, 4.69) is 15.0 Å². The van der Waals surface area contributed by atoms with E-state index in [-0.39, 0.29) is 6.04 Å². The quantitative estimate of drug-likeness (QED) is 0.858. The molecule has 0 radical (unpaired) electrons. The molecule has 1 atom stereocenters. The number of nitrogens with zero attached hydrogens (tertiary/aromatic N) is 4. The SMILES string of the molecule is Cc1cc(-c2nc(C)cs2)nc([C@H]2CCCN2S(C)(=O)=O)n1. The molecule has 3 rings (SSSR count). The van der Waals surface area contributed by atoms with E-state index in [0.717, 1.165) is 34.9 Å². The Hall–Kier alpha value is -1.38. The summed E-state index contributed by atoms with van der Waals surface area (Å²) >= 11 is 1.54. The second-order valence-corrected chi connectivity index (χ2v) is 8.37. The Morgan fingerprint density at radius 2 is 2.00 bits per heavy atom. The van der Waals surface area contributed by atoms with E-state index in [1.54, 1.807) is 0 Å². The highest BCUT2D eigenvalue weighted by molar-refractivity contribution is 7.88. The van der Waals surface area contributed by atoms with Gasteiger partial charge in [0.2, 0.25) is 10.0 Å².